The van der Waals surface area contributed by atoms with Gasteiger partial charge in [0, 0.05) is 18.2 Å². The van der Waals surface area contributed by atoms with E-state index >= 15 is 0 Å². The third kappa shape index (κ3) is 6.87. The van der Waals surface area contributed by atoms with E-state index in [9.17, 15) is 13.9 Å². The molecule has 0 fully saturated rings. The molecule has 4 nitrogen and oxygen atoms in total. The number of rotatable bonds is 6. The zero-order chi connectivity index (χ0) is 16.0. The Balaban J connectivity index is 0.00000441. The minimum Gasteiger partial charge on any atom is -0.383 e. The first-order chi connectivity index (χ1) is 9.72. The zero-order valence-corrected chi connectivity index (χ0v) is 15.4. The Kier molecular flexibility index (Phi) is 8.84. The van der Waals surface area contributed by atoms with Crippen molar-refractivity contribution in [3.8, 4) is 0 Å². The van der Waals surface area contributed by atoms with Crippen LogP contribution in [0.1, 0.15) is 32.8 Å². The normalized spacial score (nSPS) is 14.4. The molecule has 0 bridgehead atoms. The summed E-state index contributed by atoms with van der Waals surface area (Å²) in [4.78, 5) is 4.01. The number of hydrogen-bond acceptors (Lipinski definition) is 2. The number of aliphatic imine (C=N–C) groups is 1. The van der Waals surface area contributed by atoms with Gasteiger partial charge in [-0.05, 0) is 25.3 Å². The first-order valence-corrected chi connectivity index (χ1v) is 6.94. The predicted octanol–water partition coefficient (Wildman–Crippen LogP) is 2.74. The second kappa shape index (κ2) is 9.24. The maximum absolute atomic E-state index is 13.7. The molecule has 0 saturated heterocycles. The fraction of sp³-hybridized carbons (Fsp3) is 0.533. The highest BCUT2D eigenvalue weighted by Crippen LogP contribution is 2.24. The molecule has 1 aromatic rings. The number of benzene rings is 1. The van der Waals surface area contributed by atoms with Crippen LogP contribution in [-0.4, -0.2) is 24.2 Å². The van der Waals surface area contributed by atoms with E-state index in [-0.39, 0.29) is 42.0 Å². The van der Waals surface area contributed by atoms with Crippen molar-refractivity contribution in [2.24, 2.45) is 16.6 Å². The topological polar surface area (TPSA) is 70.6 Å². The standard InChI is InChI=1S/C15H23F2N3O.HI/c1-10(2)6-7-19-14(18)20-9-15(3,21)12-5-4-11(16)8-13(12)17;/h4-5,8,10,21H,6-7,9H2,1-3H3,(H3,18,19,20);1H. The molecule has 4 N–H and O–H groups in total. The van der Waals surface area contributed by atoms with E-state index in [0.29, 0.717) is 12.5 Å². The number of nitrogens with one attached hydrogen (secondary N) is 1. The molecule has 1 rings (SSSR count). The SMILES string of the molecule is CC(C)CCNC(N)=NCC(C)(O)c1ccc(F)cc1F.I. The number of halogens is 3. The molecule has 0 aromatic heterocycles. The summed E-state index contributed by atoms with van der Waals surface area (Å²) in [5, 5.41) is 13.2. The average molecular weight is 427 g/mol. The molecule has 0 aliphatic heterocycles. The number of guanidine groups is 1. The van der Waals surface area contributed by atoms with Crippen molar-refractivity contribution in [2.45, 2.75) is 32.8 Å². The van der Waals surface area contributed by atoms with Crippen LogP contribution in [0.5, 0.6) is 0 Å². The summed E-state index contributed by atoms with van der Waals surface area (Å²) in [7, 11) is 0. The van der Waals surface area contributed by atoms with Gasteiger partial charge in [-0.3, -0.25) is 4.99 Å². The van der Waals surface area contributed by atoms with Gasteiger partial charge in [0.25, 0.3) is 0 Å². The second-order valence-electron chi connectivity index (χ2n) is 5.71. The number of aliphatic hydroxyl groups is 1. The highest BCUT2D eigenvalue weighted by atomic mass is 127. The monoisotopic (exact) mass is 427 g/mol. The van der Waals surface area contributed by atoms with Crippen LogP contribution in [0.4, 0.5) is 8.78 Å². The van der Waals surface area contributed by atoms with E-state index in [1.165, 1.54) is 13.0 Å². The molecule has 0 saturated carbocycles. The Morgan fingerprint density at radius 2 is 2.05 bits per heavy atom. The zero-order valence-electron chi connectivity index (χ0n) is 13.1. The van der Waals surface area contributed by atoms with Crippen LogP contribution in [0.25, 0.3) is 0 Å². The Morgan fingerprint density at radius 1 is 1.41 bits per heavy atom. The van der Waals surface area contributed by atoms with Gasteiger partial charge >= 0.3 is 0 Å². The Hall–Kier alpha value is -0.960. The molecule has 1 atom stereocenters. The van der Waals surface area contributed by atoms with E-state index in [2.05, 4.69) is 24.2 Å². The summed E-state index contributed by atoms with van der Waals surface area (Å²) in [6.45, 7) is 6.17. The molecule has 126 valence electrons. The van der Waals surface area contributed by atoms with Crippen molar-refractivity contribution < 1.29 is 13.9 Å². The lowest BCUT2D eigenvalue weighted by molar-refractivity contribution is 0.0633. The summed E-state index contributed by atoms with van der Waals surface area (Å²) in [5.41, 5.74) is 4.12. The minimum absolute atomic E-state index is 0. The molecule has 0 heterocycles. The quantitative estimate of drug-likeness (QED) is 0.372. The highest BCUT2D eigenvalue weighted by Gasteiger charge is 2.26. The fourth-order valence-electron chi connectivity index (χ4n) is 1.80. The molecular weight excluding hydrogens is 403 g/mol. The third-order valence-electron chi connectivity index (χ3n) is 3.10. The number of nitrogens with zero attached hydrogens (tertiary/aromatic N) is 1. The van der Waals surface area contributed by atoms with Gasteiger partial charge in [0.1, 0.15) is 17.2 Å². The van der Waals surface area contributed by atoms with Gasteiger partial charge < -0.3 is 16.2 Å². The van der Waals surface area contributed by atoms with Crippen LogP contribution in [-0.2, 0) is 5.60 Å². The molecule has 0 aliphatic rings. The first-order valence-electron chi connectivity index (χ1n) is 6.94. The van der Waals surface area contributed by atoms with E-state index in [1.807, 2.05) is 0 Å². The van der Waals surface area contributed by atoms with Gasteiger partial charge in [-0.15, -0.1) is 24.0 Å². The van der Waals surface area contributed by atoms with Gasteiger partial charge in [0.05, 0.1) is 6.54 Å². The summed E-state index contributed by atoms with van der Waals surface area (Å²) < 4.78 is 26.5. The average Bonchev–Trinajstić information content (AvgIpc) is 2.35. The maximum atomic E-state index is 13.7. The summed E-state index contributed by atoms with van der Waals surface area (Å²) in [5.74, 6) is -0.757. The van der Waals surface area contributed by atoms with Crippen LogP contribution >= 0.6 is 24.0 Å². The van der Waals surface area contributed by atoms with Gasteiger partial charge in [-0.25, -0.2) is 8.78 Å². The van der Waals surface area contributed by atoms with E-state index < -0.39 is 17.2 Å². The predicted molar refractivity (Wildman–Crippen MR) is 95.3 cm³/mol. The fourth-order valence-corrected chi connectivity index (χ4v) is 1.80. The van der Waals surface area contributed by atoms with Crippen molar-refractivity contribution in [3.05, 3.63) is 35.4 Å². The minimum atomic E-state index is -1.55. The van der Waals surface area contributed by atoms with Crippen LogP contribution < -0.4 is 11.1 Å². The smallest absolute Gasteiger partial charge is 0.188 e. The van der Waals surface area contributed by atoms with E-state index in [0.717, 1.165) is 18.6 Å². The first kappa shape index (κ1) is 21.0. The molecular formula is C15H24F2IN3O. The molecule has 1 aromatic carbocycles. The Labute approximate surface area is 147 Å². The molecule has 0 aliphatic carbocycles. The van der Waals surface area contributed by atoms with Crippen molar-refractivity contribution in [2.75, 3.05) is 13.1 Å². The van der Waals surface area contributed by atoms with Crippen molar-refractivity contribution in [3.63, 3.8) is 0 Å². The number of nitrogens with two attached hydrogens (primary N) is 1. The Morgan fingerprint density at radius 3 is 2.59 bits per heavy atom. The molecule has 0 amide bonds. The maximum Gasteiger partial charge on any atom is 0.188 e. The van der Waals surface area contributed by atoms with Crippen molar-refractivity contribution in [1.29, 1.82) is 0 Å². The lowest BCUT2D eigenvalue weighted by Gasteiger charge is -2.22. The third-order valence-corrected chi connectivity index (χ3v) is 3.10. The largest absolute Gasteiger partial charge is 0.383 e. The van der Waals surface area contributed by atoms with Crippen LogP contribution in [0.2, 0.25) is 0 Å². The summed E-state index contributed by atoms with van der Waals surface area (Å²) in [6.07, 6.45) is 0.944. The lowest BCUT2D eigenvalue weighted by Crippen LogP contribution is -2.35. The lowest BCUT2D eigenvalue weighted by atomic mass is 9.95. The van der Waals surface area contributed by atoms with Crippen LogP contribution in [0.15, 0.2) is 23.2 Å². The highest BCUT2D eigenvalue weighted by molar-refractivity contribution is 14.0. The van der Waals surface area contributed by atoms with Crippen molar-refractivity contribution >= 4 is 29.9 Å². The molecule has 0 spiro atoms. The molecule has 7 heteroatoms. The van der Waals surface area contributed by atoms with E-state index in [4.69, 9.17) is 5.73 Å². The molecule has 0 radical (unpaired) electrons. The molecule has 22 heavy (non-hydrogen) atoms. The van der Waals surface area contributed by atoms with Gasteiger partial charge in [-0.1, -0.05) is 19.9 Å². The molecule has 1 unspecified atom stereocenters. The van der Waals surface area contributed by atoms with Gasteiger partial charge in [0.2, 0.25) is 0 Å². The van der Waals surface area contributed by atoms with Crippen molar-refractivity contribution in [1.82, 2.24) is 5.32 Å². The summed E-state index contributed by atoms with van der Waals surface area (Å²) >= 11 is 0. The Bertz CT molecular complexity index is 508. The van der Waals surface area contributed by atoms with Gasteiger partial charge in [-0.2, -0.15) is 0 Å². The second-order valence-corrected chi connectivity index (χ2v) is 5.71. The van der Waals surface area contributed by atoms with Crippen LogP contribution in [0, 0.1) is 17.6 Å². The van der Waals surface area contributed by atoms with Crippen LogP contribution in [0.3, 0.4) is 0 Å². The van der Waals surface area contributed by atoms with Gasteiger partial charge in [0.15, 0.2) is 5.96 Å². The summed E-state index contributed by atoms with van der Waals surface area (Å²) in [6, 6.07) is 3.04. The van der Waals surface area contributed by atoms with E-state index in [1.54, 1.807) is 0 Å². The number of hydrogen-bond donors (Lipinski definition) is 3.